The molecule has 3 saturated heterocycles. The van der Waals surface area contributed by atoms with Crippen LogP contribution in [0.3, 0.4) is 0 Å². The Balaban J connectivity index is 0.843. The molecular weight excluding hydrogens is 843 g/mol. The van der Waals surface area contributed by atoms with Crippen LogP contribution in [-0.4, -0.2) is 109 Å². The molecule has 19 heteroatoms. The van der Waals surface area contributed by atoms with Crippen LogP contribution in [0.5, 0.6) is 0 Å². The van der Waals surface area contributed by atoms with Gasteiger partial charge in [0.15, 0.2) is 17.0 Å². The maximum Gasteiger partial charge on any atom is 0.257 e. The summed E-state index contributed by atoms with van der Waals surface area (Å²) in [7, 11) is 0. The Morgan fingerprint density at radius 3 is 2.66 bits per heavy atom. The number of nitrogens with one attached hydrogen (secondary N) is 4. The molecule has 330 valence electrons. The third kappa shape index (κ3) is 8.25. The van der Waals surface area contributed by atoms with Crippen LogP contribution >= 0.6 is 11.3 Å². The van der Waals surface area contributed by atoms with Gasteiger partial charge in [0.25, 0.3) is 5.91 Å². The van der Waals surface area contributed by atoms with Gasteiger partial charge in [-0.15, -0.1) is 11.3 Å². The number of nitrogens with zero attached hydrogens (tertiary/aromatic N) is 8. The summed E-state index contributed by atoms with van der Waals surface area (Å²) in [5.41, 5.74) is 4.87. The molecule has 3 amide bonds. The second-order valence-electron chi connectivity index (χ2n) is 16.8. The number of halogens is 2. The summed E-state index contributed by atoms with van der Waals surface area (Å²) in [5.74, 6) is -1.96. The number of pyridine rings is 1. The Kier molecular flexibility index (Phi) is 11.4. The van der Waals surface area contributed by atoms with E-state index in [0.717, 1.165) is 30.8 Å². The molecule has 4 aliphatic heterocycles. The molecule has 64 heavy (non-hydrogen) atoms. The number of amides is 3. The number of hydrogen-bond acceptors (Lipinski definition) is 13. The zero-order chi connectivity index (χ0) is 43.9. The summed E-state index contributed by atoms with van der Waals surface area (Å²) in [6.45, 7) is 3.88. The third-order valence-corrected chi connectivity index (χ3v) is 13.5. The predicted octanol–water partition coefficient (Wildman–Crippen LogP) is 4.65. The van der Waals surface area contributed by atoms with E-state index in [9.17, 15) is 19.2 Å². The molecular formula is C45H46F2N12O4S. The Labute approximate surface area is 370 Å². The highest BCUT2D eigenvalue weighted by molar-refractivity contribution is 7.13. The van der Waals surface area contributed by atoms with Crippen LogP contribution in [0.2, 0.25) is 0 Å². The van der Waals surface area contributed by atoms with Crippen LogP contribution in [0.1, 0.15) is 61.0 Å². The van der Waals surface area contributed by atoms with Gasteiger partial charge >= 0.3 is 0 Å². The summed E-state index contributed by atoms with van der Waals surface area (Å²) in [4.78, 5) is 69.3. The molecule has 3 unspecified atom stereocenters. The zero-order valence-electron chi connectivity index (χ0n) is 34.8. The van der Waals surface area contributed by atoms with Crippen molar-refractivity contribution in [1.29, 1.82) is 0 Å². The molecule has 6 aromatic rings. The highest BCUT2D eigenvalue weighted by Crippen LogP contribution is 2.37. The van der Waals surface area contributed by atoms with Crippen LogP contribution in [0.4, 0.5) is 25.3 Å². The van der Waals surface area contributed by atoms with Crippen molar-refractivity contribution in [3.8, 4) is 11.1 Å². The van der Waals surface area contributed by atoms with Crippen LogP contribution in [0.25, 0.3) is 22.0 Å². The SMILES string of the molecule is O=C1CCC(Nc2ccc(C3CCN(CC(=O)C4CNCCN4c4ccncc4-c4cc(F)c5cn(C(C(=O)Nc6nccs6)c6ncn7c6CCC7)nc5c4)CC3)c(F)c2)C(=O)N1. The third-order valence-electron chi connectivity index (χ3n) is 12.8. The van der Waals surface area contributed by atoms with Gasteiger partial charge in [-0.3, -0.25) is 44.4 Å². The molecule has 10 rings (SSSR count). The first-order chi connectivity index (χ1) is 31.2. The lowest BCUT2D eigenvalue weighted by Gasteiger charge is -2.39. The van der Waals surface area contributed by atoms with Crippen molar-refractivity contribution in [3.63, 3.8) is 0 Å². The van der Waals surface area contributed by atoms with Crippen LogP contribution < -0.4 is 26.2 Å². The number of rotatable bonds is 12. The van der Waals surface area contributed by atoms with Crippen LogP contribution in [-0.2, 0) is 32.1 Å². The lowest BCUT2D eigenvalue weighted by atomic mass is 9.88. The number of ketones is 1. The van der Waals surface area contributed by atoms with E-state index >= 15 is 8.78 Å². The van der Waals surface area contributed by atoms with E-state index in [2.05, 4.69) is 46.0 Å². The largest absolute Gasteiger partial charge is 0.374 e. The normalized spacial score (nSPS) is 20.0. The Morgan fingerprint density at radius 2 is 1.84 bits per heavy atom. The number of Topliss-reactive ketones (excluding diaryl/α,β-unsaturated/α-hetero) is 1. The lowest BCUT2D eigenvalue weighted by Crippen LogP contribution is -2.57. The fourth-order valence-corrected chi connectivity index (χ4v) is 10.1. The van der Waals surface area contributed by atoms with Gasteiger partial charge in [0.1, 0.15) is 23.7 Å². The van der Waals surface area contributed by atoms with E-state index in [1.165, 1.54) is 28.2 Å². The fourth-order valence-electron chi connectivity index (χ4n) is 9.60. The second-order valence-corrected chi connectivity index (χ2v) is 17.7. The molecule has 0 bridgehead atoms. The number of aryl methyl sites for hydroxylation is 1. The number of carbonyl (C=O) groups excluding carboxylic acids is 4. The van der Waals surface area contributed by atoms with E-state index < -0.39 is 29.8 Å². The first kappa shape index (κ1) is 41.6. The summed E-state index contributed by atoms with van der Waals surface area (Å²) in [6.07, 6.45) is 11.9. The first-order valence-corrected chi connectivity index (χ1v) is 22.5. The standard InChI is InChI=1S/C45H46F2N12O4S/c46-32-18-27(19-35-31(32)23-59(55-35)42(44(63)54-45-50-12-17-64-45)41-37-2-1-13-57(37)25-51-41)30-21-48-10-7-36(30)58-16-11-49-22-38(58)39(60)24-56-14-8-26(9-15-56)29-4-3-28(20-33(29)47)52-34-5-6-40(61)53-43(34)62/h3-4,7,10,12,17-21,23,25-26,34,38,42,49,52H,1-2,5-6,8-9,11,13-16,22,24H2,(H,50,54,63)(H,53,61,62). The molecule has 4 aromatic heterocycles. The summed E-state index contributed by atoms with van der Waals surface area (Å²) in [5, 5.41) is 18.9. The van der Waals surface area contributed by atoms with Crippen molar-refractivity contribution in [1.82, 2.24) is 44.8 Å². The van der Waals surface area contributed by atoms with Crippen molar-refractivity contribution in [2.24, 2.45) is 0 Å². The maximum atomic E-state index is 16.3. The van der Waals surface area contributed by atoms with E-state index in [4.69, 9.17) is 5.10 Å². The number of likely N-dealkylation sites (tertiary alicyclic amines) is 1. The van der Waals surface area contributed by atoms with E-state index in [1.54, 1.807) is 54.7 Å². The smallest absolute Gasteiger partial charge is 0.257 e. The highest BCUT2D eigenvalue weighted by Gasteiger charge is 2.35. The molecule has 4 aliphatic rings. The van der Waals surface area contributed by atoms with Gasteiger partial charge in [0, 0.05) is 85.4 Å². The second kappa shape index (κ2) is 17.6. The number of imide groups is 1. The number of fused-ring (bicyclic) bond motifs is 2. The van der Waals surface area contributed by atoms with Gasteiger partial charge in [0.2, 0.25) is 11.8 Å². The molecule has 2 aromatic carbocycles. The molecule has 4 N–H and O–H groups in total. The van der Waals surface area contributed by atoms with Crippen molar-refractivity contribution in [3.05, 3.63) is 101 Å². The van der Waals surface area contributed by atoms with Gasteiger partial charge in [-0.1, -0.05) is 6.07 Å². The number of piperidine rings is 2. The van der Waals surface area contributed by atoms with Crippen molar-refractivity contribution >= 4 is 62.3 Å². The van der Waals surface area contributed by atoms with Crippen molar-refractivity contribution in [2.45, 2.75) is 69.1 Å². The molecule has 0 saturated carbocycles. The predicted molar refractivity (Wildman–Crippen MR) is 236 cm³/mol. The molecule has 3 atom stereocenters. The Bertz CT molecular complexity index is 2750. The molecule has 0 spiro atoms. The van der Waals surface area contributed by atoms with E-state index in [-0.39, 0.29) is 47.7 Å². The summed E-state index contributed by atoms with van der Waals surface area (Å²) in [6, 6.07) is 7.95. The van der Waals surface area contributed by atoms with Crippen LogP contribution in [0.15, 0.2) is 72.9 Å². The quantitative estimate of drug-likeness (QED) is 0.125. The fraction of sp³-hybridized carbons (Fsp3) is 0.378. The molecule has 0 aliphatic carbocycles. The van der Waals surface area contributed by atoms with Gasteiger partial charge < -0.3 is 20.1 Å². The van der Waals surface area contributed by atoms with Crippen molar-refractivity contribution < 1.29 is 28.0 Å². The number of imidazole rings is 1. The van der Waals surface area contributed by atoms with Gasteiger partial charge in [-0.05, 0) is 92.6 Å². The van der Waals surface area contributed by atoms with Gasteiger partial charge in [0.05, 0.1) is 29.5 Å². The average Bonchev–Trinajstić information content (AvgIpc) is 4.13. The minimum atomic E-state index is -0.968. The highest BCUT2D eigenvalue weighted by atomic mass is 32.1. The van der Waals surface area contributed by atoms with Crippen molar-refractivity contribution in [2.75, 3.05) is 54.8 Å². The van der Waals surface area contributed by atoms with E-state index in [0.29, 0.717) is 90.7 Å². The summed E-state index contributed by atoms with van der Waals surface area (Å²) < 4.78 is 35.2. The maximum absolute atomic E-state index is 16.3. The number of thiazole rings is 1. The van der Waals surface area contributed by atoms with E-state index in [1.807, 2.05) is 10.6 Å². The number of anilines is 3. The van der Waals surface area contributed by atoms with Crippen LogP contribution in [0, 0.1) is 11.6 Å². The minimum absolute atomic E-state index is 0.0227. The number of benzene rings is 2. The number of aromatic nitrogens is 6. The number of piperazine rings is 1. The first-order valence-electron chi connectivity index (χ1n) is 21.7. The molecule has 3 fully saturated rings. The zero-order valence-corrected chi connectivity index (χ0v) is 35.6. The van der Waals surface area contributed by atoms with Gasteiger partial charge in [-0.25, -0.2) is 18.7 Å². The Hall–Kier alpha value is -6.44. The summed E-state index contributed by atoms with van der Waals surface area (Å²) >= 11 is 1.30. The topological polar surface area (TPSA) is 184 Å². The number of carbonyl (C=O) groups is 4. The molecule has 8 heterocycles. The molecule has 0 radical (unpaired) electrons. The molecule has 16 nitrogen and oxygen atoms in total. The lowest BCUT2D eigenvalue weighted by molar-refractivity contribution is -0.133. The monoisotopic (exact) mass is 888 g/mol. The number of hydrogen-bond donors (Lipinski definition) is 4. The Morgan fingerprint density at radius 1 is 0.969 bits per heavy atom. The minimum Gasteiger partial charge on any atom is -0.374 e. The average molecular weight is 889 g/mol. The van der Waals surface area contributed by atoms with Gasteiger partial charge in [-0.2, -0.15) is 5.10 Å².